The second-order valence-electron chi connectivity index (χ2n) is 7.03. The molecule has 1 aromatic heterocycles. The van der Waals surface area contributed by atoms with Crippen molar-refractivity contribution >= 4 is 34.5 Å². The number of anilines is 1. The summed E-state index contributed by atoms with van der Waals surface area (Å²) < 4.78 is 20.6. The molecule has 0 unspecified atom stereocenters. The number of aromatic nitrogens is 1. The first-order valence-corrected chi connectivity index (χ1v) is 10.0. The lowest BCUT2D eigenvalue weighted by atomic mass is 10.1. The maximum atomic E-state index is 13.8. The Morgan fingerprint density at radius 1 is 1.19 bits per heavy atom. The van der Waals surface area contributed by atoms with Crippen molar-refractivity contribution < 1.29 is 18.7 Å². The van der Waals surface area contributed by atoms with Gasteiger partial charge in [-0.25, -0.2) is 4.39 Å². The molecule has 2 amide bonds. The Kier molecular flexibility index (Phi) is 7.73. The highest BCUT2D eigenvalue weighted by Crippen LogP contribution is 2.24. The number of carbonyl (C=O) groups is 2. The fourth-order valence-electron chi connectivity index (χ4n) is 3.23. The average molecular weight is 434 g/mol. The minimum atomic E-state index is -0.717. The number of para-hydroxylation sites is 2. The largest absolute Gasteiger partial charge is 0.385 e. The Balaban J connectivity index is 1.83. The number of nitrogens with zero attached hydrogens (tertiary/aromatic N) is 2. The summed E-state index contributed by atoms with van der Waals surface area (Å²) in [6, 6.07) is 15.0. The van der Waals surface area contributed by atoms with E-state index in [0.29, 0.717) is 25.1 Å². The van der Waals surface area contributed by atoms with E-state index in [-0.39, 0.29) is 23.7 Å². The Morgan fingerprint density at radius 2 is 1.94 bits per heavy atom. The number of hydrogen-bond acceptors (Lipinski definition) is 4. The van der Waals surface area contributed by atoms with E-state index in [1.807, 2.05) is 30.3 Å². The lowest BCUT2D eigenvalue weighted by Crippen LogP contribution is -2.28. The van der Waals surface area contributed by atoms with Crippen LogP contribution >= 0.6 is 0 Å². The van der Waals surface area contributed by atoms with Gasteiger partial charge in [0.05, 0.1) is 5.69 Å². The van der Waals surface area contributed by atoms with Crippen molar-refractivity contribution in [3.05, 3.63) is 71.7 Å². The highest BCUT2D eigenvalue weighted by molar-refractivity contribution is 6.10. The van der Waals surface area contributed by atoms with Crippen molar-refractivity contribution in [3.8, 4) is 6.07 Å². The number of amides is 2. The third kappa shape index (κ3) is 5.59. The number of rotatable bonds is 9. The summed E-state index contributed by atoms with van der Waals surface area (Å²) in [6.45, 7) is 1.16. The van der Waals surface area contributed by atoms with Gasteiger partial charge in [-0.15, -0.1) is 0 Å². The molecule has 3 aromatic rings. The predicted molar refractivity (Wildman–Crippen MR) is 120 cm³/mol. The second-order valence-corrected chi connectivity index (χ2v) is 7.03. The van der Waals surface area contributed by atoms with Crippen LogP contribution in [0.4, 0.5) is 10.1 Å². The molecule has 0 aliphatic carbocycles. The monoisotopic (exact) mass is 434 g/mol. The highest BCUT2D eigenvalue weighted by Gasteiger charge is 2.15. The van der Waals surface area contributed by atoms with E-state index in [0.717, 1.165) is 10.9 Å². The molecule has 0 radical (unpaired) electrons. The van der Waals surface area contributed by atoms with Crippen LogP contribution in [0.5, 0.6) is 0 Å². The minimum absolute atomic E-state index is 0.00813. The standard InChI is InChI=1S/C24H23FN4O3/c1-32-12-6-11-27-23(30)16-29-15-18(19-7-2-5-10-22(19)29)13-17(14-26)24(31)28-21-9-4-3-8-20(21)25/h2-5,7-10,13,15H,6,11-12,16H2,1H3,(H,27,30)(H,28,31)/b17-13+. The predicted octanol–water partition coefficient (Wildman–Crippen LogP) is 3.48. The normalized spacial score (nSPS) is 11.2. The van der Waals surface area contributed by atoms with E-state index in [1.165, 1.54) is 24.3 Å². The number of halogens is 1. The number of benzene rings is 2. The van der Waals surface area contributed by atoms with Gasteiger partial charge in [-0.05, 0) is 30.7 Å². The van der Waals surface area contributed by atoms with Gasteiger partial charge in [0.15, 0.2) is 0 Å². The van der Waals surface area contributed by atoms with Gasteiger partial charge >= 0.3 is 0 Å². The van der Waals surface area contributed by atoms with Gasteiger partial charge in [0.1, 0.15) is 24.0 Å². The summed E-state index contributed by atoms with van der Waals surface area (Å²) in [5, 5.41) is 15.6. The van der Waals surface area contributed by atoms with Gasteiger partial charge in [-0.3, -0.25) is 9.59 Å². The van der Waals surface area contributed by atoms with Crippen LogP contribution in [0.15, 0.2) is 60.3 Å². The average Bonchev–Trinajstić information content (AvgIpc) is 3.13. The van der Waals surface area contributed by atoms with E-state index in [4.69, 9.17) is 4.74 Å². The zero-order valence-corrected chi connectivity index (χ0v) is 17.6. The molecule has 0 spiro atoms. The van der Waals surface area contributed by atoms with E-state index in [2.05, 4.69) is 10.6 Å². The maximum absolute atomic E-state index is 13.8. The molecular formula is C24H23FN4O3. The Bertz CT molecular complexity index is 1190. The molecule has 1 heterocycles. The summed E-state index contributed by atoms with van der Waals surface area (Å²) >= 11 is 0. The summed E-state index contributed by atoms with van der Waals surface area (Å²) in [5.41, 5.74) is 1.21. The number of nitriles is 1. The molecule has 0 aliphatic heterocycles. The van der Waals surface area contributed by atoms with Gasteiger partial charge in [0.2, 0.25) is 5.91 Å². The van der Waals surface area contributed by atoms with Crippen LogP contribution in [0.25, 0.3) is 17.0 Å². The molecule has 0 atom stereocenters. The molecule has 2 aromatic carbocycles. The maximum Gasteiger partial charge on any atom is 0.266 e. The van der Waals surface area contributed by atoms with E-state index >= 15 is 0 Å². The van der Waals surface area contributed by atoms with Crippen LogP contribution in [0.3, 0.4) is 0 Å². The SMILES string of the molecule is COCCCNC(=O)Cn1cc(/C=C(\C#N)C(=O)Nc2ccccc2F)c2ccccc21. The molecule has 32 heavy (non-hydrogen) atoms. The number of hydrogen-bond donors (Lipinski definition) is 2. The van der Waals surface area contributed by atoms with Crippen LogP contribution in [0.2, 0.25) is 0 Å². The van der Waals surface area contributed by atoms with Crippen molar-refractivity contribution in [2.45, 2.75) is 13.0 Å². The second kappa shape index (κ2) is 10.9. The van der Waals surface area contributed by atoms with Crippen LogP contribution in [-0.4, -0.2) is 36.6 Å². The van der Waals surface area contributed by atoms with Crippen molar-refractivity contribution in [2.75, 3.05) is 25.6 Å². The highest BCUT2D eigenvalue weighted by atomic mass is 19.1. The van der Waals surface area contributed by atoms with Crippen LogP contribution in [0.1, 0.15) is 12.0 Å². The molecule has 3 rings (SSSR count). The Morgan fingerprint density at radius 3 is 2.69 bits per heavy atom. The molecular weight excluding hydrogens is 411 g/mol. The van der Waals surface area contributed by atoms with E-state index < -0.39 is 11.7 Å². The Labute approximate surface area is 185 Å². The molecule has 0 saturated carbocycles. The summed E-state index contributed by atoms with van der Waals surface area (Å²) in [5.74, 6) is -1.47. The van der Waals surface area contributed by atoms with E-state index in [1.54, 1.807) is 23.9 Å². The number of methoxy groups -OCH3 is 1. The lowest BCUT2D eigenvalue weighted by molar-refractivity contribution is -0.121. The van der Waals surface area contributed by atoms with E-state index in [9.17, 15) is 19.2 Å². The third-order valence-corrected chi connectivity index (χ3v) is 4.77. The molecule has 0 saturated heterocycles. The molecule has 7 nitrogen and oxygen atoms in total. The van der Waals surface area contributed by atoms with Gasteiger partial charge in [0, 0.05) is 42.9 Å². The first kappa shape index (κ1) is 22.7. The zero-order chi connectivity index (χ0) is 22.9. The van der Waals surface area contributed by atoms with Crippen LogP contribution in [0, 0.1) is 17.1 Å². The smallest absolute Gasteiger partial charge is 0.266 e. The topological polar surface area (TPSA) is 96.2 Å². The molecule has 8 heteroatoms. The third-order valence-electron chi connectivity index (χ3n) is 4.77. The van der Waals surface area contributed by atoms with Crippen molar-refractivity contribution in [1.29, 1.82) is 5.26 Å². The molecule has 2 N–H and O–H groups in total. The van der Waals surface area contributed by atoms with Crippen LogP contribution < -0.4 is 10.6 Å². The van der Waals surface area contributed by atoms with Gasteiger partial charge < -0.3 is 19.9 Å². The van der Waals surface area contributed by atoms with Crippen molar-refractivity contribution in [1.82, 2.24) is 9.88 Å². The molecule has 0 bridgehead atoms. The molecule has 0 fully saturated rings. The summed E-state index contributed by atoms with van der Waals surface area (Å²) in [6.07, 6.45) is 3.87. The van der Waals surface area contributed by atoms with Gasteiger partial charge in [-0.2, -0.15) is 5.26 Å². The van der Waals surface area contributed by atoms with Gasteiger partial charge in [-0.1, -0.05) is 30.3 Å². The quantitative estimate of drug-likeness (QED) is 0.306. The first-order chi connectivity index (χ1) is 15.5. The Hall–Kier alpha value is -3.96. The minimum Gasteiger partial charge on any atom is -0.385 e. The number of carbonyl (C=O) groups excluding carboxylic acids is 2. The van der Waals surface area contributed by atoms with Crippen LogP contribution in [-0.2, 0) is 20.9 Å². The summed E-state index contributed by atoms with van der Waals surface area (Å²) in [7, 11) is 1.61. The lowest BCUT2D eigenvalue weighted by Gasteiger charge is -2.07. The van der Waals surface area contributed by atoms with Crippen molar-refractivity contribution in [2.24, 2.45) is 0 Å². The zero-order valence-electron chi connectivity index (χ0n) is 17.6. The summed E-state index contributed by atoms with van der Waals surface area (Å²) in [4.78, 5) is 24.9. The fraction of sp³-hybridized carbons (Fsp3) is 0.208. The molecule has 164 valence electrons. The first-order valence-electron chi connectivity index (χ1n) is 10.0. The number of nitrogens with one attached hydrogen (secondary N) is 2. The van der Waals surface area contributed by atoms with Gasteiger partial charge in [0.25, 0.3) is 5.91 Å². The number of ether oxygens (including phenoxy) is 1. The van der Waals surface area contributed by atoms with Crippen molar-refractivity contribution in [3.63, 3.8) is 0 Å². The molecule has 0 aliphatic rings. The number of fused-ring (bicyclic) bond motifs is 1. The fourth-order valence-corrected chi connectivity index (χ4v) is 3.23.